The highest BCUT2D eigenvalue weighted by molar-refractivity contribution is 8.01. The van der Waals surface area contributed by atoms with Gasteiger partial charge in [0.2, 0.25) is 0 Å². The standard InChI is InChI=1S/C14H12N2O3S2/c1-2-10-7-11-12(17)15-13(21-14(11)20-10)8-3-5-9(6-4-8)16(18)19/h3-7,13H,2H2,1H3,(H,15,17). The lowest BCUT2D eigenvalue weighted by molar-refractivity contribution is -0.384. The predicted molar refractivity (Wildman–Crippen MR) is 82.9 cm³/mol. The number of amides is 1. The number of non-ortho nitro benzene ring substituents is 1. The first-order valence-electron chi connectivity index (χ1n) is 6.43. The molecule has 1 amide bonds. The molecule has 2 aromatic rings. The molecule has 108 valence electrons. The molecule has 0 fully saturated rings. The smallest absolute Gasteiger partial charge is 0.269 e. The van der Waals surface area contributed by atoms with Crippen LogP contribution in [0.2, 0.25) is 0 Å². The van der Waals surface area contributed by atoms with E-state index in [1.165, 1.54) is 17.0 Å². The number of nitro groups is 1. The maximum atomic E-state index is 12.1. The first-order chi connectivity index (χ1) is 10.1. The van der Waals surface area contributed by atoms with Gasteiger partial charge in [-0.05, 0) is 30.2 Å². The van der Waals surface area contributed by atoms with Crippen molar-refractivity contribution in [2.24, 2.45) is 0 Å². The Kier molecular flexibility index (Phi) is 3.69. The summed E-state index contributed by atoms with van der Waals surface area (Å²) in [4.78, 5) is 23.6. The number of hydrogen-bond donors (Lipinski definition) is 1. The Morgan fingerprint density at radius 3 is 2.67 bits per heavy atom. The number of benzene rings is 1. The van der Waals surface area contributed by atoms with Gasteiger partial charge in [0.25, 0.3) is 11.6 Å². The molecule has 0 radical (unpaired) electrons. The molecule has 2 heterocycles. The summed E-state index contributed by atoms with van der Waals surface area (Å²) < 4.78 is 1.01. The van der Waals surface area contributed by atoms with Crippen molar-refractivity contribution in [2.45, 2.75) is 22.9 Å². The molecule has 5 nitrogen and oxygen atoms in total. The van der Waals surface area contributed by atoms with Crippen LogP contribution < -0.4 is 5.32 Å². The summed E-state index contributed by atoms with van der Waals surface area (Å²) in [5, 5.41) is 13.4. The average molecular weight is 320 g/mol. The van der Waals surface area contributed by atoms with Crippen molar-refractivity contribution >= 4 is 34.7 Å². The van der Waals surface area contributed by atoms with Crippen LogP contribution in [-0.4, -0.2) is 10.8 Å². The van der Waals surface area contributed by atoms with Crippen LogP contribution in [0.25, 0.3) is 0 Å². The fourth-order valence-corrected chi connectivity index (χ4v) is 4.67. The Hall–Kier alpha value is -1.86. The Morgan fingerprint density at radius 2 is 2.05 bits per heavy atom. The number of fused-ring (bicyclic) bond motifs is 1. The number of nitro benzene ring substituents is 1. The molecular formula is C14H12N2O3S2. The summed E-state index contributed by atoms with van der Waals surface area (Å²) in [6.07, 6.45) is 0.910. The van der Waals surface area contributed by atoms with Gasteiger partial charge in [-0.3, -0.25) is 14.9 Å². The van der Waals surface area contributed by atoms with Crippen LogP contribution in [0.4, 0.5) is 5.69 Å². The third-order valence-corrected chi connectivity index (χ3v) is 5.91. The second kappa shape index (κ2) is 5.50. The van der Waals surface area contributed by atoms with E-state index in [1.54, 1.807) is 35.2 Å². The lowest BCUT2D eigenvalue weighted by atomic mass is 10.2. The summed E-state index contributed by atoms with van der Waals surface area (Å²) in [6, 6.07) is 8.24. The van der Waals surface area contributed by atoms with Gasteiger partial charge in [0, 0.05) is 17.0 Å². The van der Waals surface area contributed by atoms with Crippen LogP contribution in [0.5, 0.6) is 0 Å². The summed E-state index contributed by atoms with van der Waals surface area (Å²) in [5.74, 6) is -0.0805. The van der Waals surface area contributed by atoms with E-state index in [-0.39, 0.29) is 17.0 Å². The van der Waals surface area contributed by atoms with Crippen LogP contribution in [0.1, 0.15) is 33.1 Å². The van der Waals surface area contributed by atoms with E-state index in [9.17, 15) is 14.9 Å². The fourth-order valence-electron chi connectivity index (χ4n) is 2.10. The number of nitrogens with one attached hydrogen (secondary N) is 1. The minimum absolute atomic E-state index is 0.0518. The van der Waals surface area contributed by atoms with Gasteiger partial charge in [-0.25, -0.2) is 0 Å². The molecular weight excluding hydrogens is 308 g/mol. The number of hydrogen-bond acceptors (Lipinski definition) is 5. The molecule has 1 aliphatic rings. The molecule has 1 aliphatic heterocycles. The van der Waals surface area contributed by atoms with Gasteiger partial charge in [0.05, 0.1) is 14.7 Å². The number of rotatable bonds is 3. The van der Waals surface area contributed by atoms with E-state index in [4.69, 9.17) is 0 Å². The summed E-state index contributed by atoms with van der Waals surface area (Å²) in [5.41, 5.74) is 1.65. The lowest BCUT2D eigenvalue weighted by Crippen LogP contribution is -2.29. The van der Waals surface area contributed by atoms with E-state index >= 15 is 0 Å². The maximum absolute atomic E-state index is 12.1. The molecule has 1 atom stereocenters. The maximum Gasteiger partial charge on any atom is 0.269 e. The topological polar surface area (TPSA) is 72.2 Å². The van der Waals surface area contributed by atoms with Crippen LogP contribution in [0.15, 0.2) is 34.5 Å². The first-order valence-corrected chi connectivity index (χ1v) is 8.12. The van der Waals surface area contributed by atoms with Crippen molar-refractivity contribution in [1.29, 1.82) is 0 Å². The van der Waals surface area contributed by atoms with E-state index in [0.29, 0.717) is 0 Å². The second-order valence-electron chi connectivity index (χ2n) is 4.59. The minimum Gasteiger partial charge on any atom is -0.336 e. The third kappa shape index (κ3) is 2.66. The van der Waals surface area contributed by atoms with Crippen molar-refractivity contribution in [1.82, 2.24) is 5.32 Å². The molecule has 1 N–H and O–H groups in total. The monoisotopic (exact) mass is 320 g/mol. The zero-order chi connectivity index (χ0) is 15.0. The number of carbonyl (C=O) groups is 1. The molecule has 0 saturated heterocycles. The highest BCUT2D eigenvalue weighted by Crippen LogP contribution is 2.43. The van der Waals surface area contributed by atoms with Crippen LogP contribution in [0.3, 0.4) is 0 Å². The normalized spacial score (nSPS) is 17.2. The van der Waals surface area contributed by atoms with E-state index in [2.05, 4.69) is 12.2 Å². The number of thiophene rings is 1. The zero-order valence-electron chi connectivity index (χ0n) is 11.2. The minimum atomic E-state index is -0.429. The Morgan fingerprint density at radius 1 is 1.33 bits per heavy atom. The fraction of sp³-hybridized carbons (Fsp3) is 0.214. The molecule has 3 rings (SSSR count). The molecule has 1 unspecified atom stereocenters. The molecule has 0 aliphatic carbocycles. The van der Waals surface area contributed by atoms with Crippen molar-refractivity contribution < 1.29 is 9.72 Å². The Balaban J connectivity index is 1.88. The van der Waals surface area contributed by atoms with Crippen LogP contribution in [0, 0.1) is 10.1 Å². The summed E-state index contributed by atoms with van der Waals surface area (Å²) in [6.45, 7) is 2.06. The number of aryl methyl sites for hydroxylation is 1. The molecule has 1 aromatic heterocycles. The highest BCUT2D eigenvalue weighted by Gasteiger charge is 2.28. The largest absolute Gasteiger partial charge is 0.336 e. The average Bonchev–Trinajstić information content (AvgIpc) is 2.91. The van der Waals surface area contributed by atoms with Crippen molar-refractivity contribution in [3.8, 4) is 0 Å². The van der Waals surface area contributed by atoms with Crippen LogP contribution in [-0.2, 0) is 6.42 Å². The zero-order valence-corrected chi connectivity index (χ0v) is 12.8. The van der Waals surface area contributed by atoms with E-state index in [0.717, 1.165) is 21.8 Å². The molecule has 1 aromatic carbocycles. The van der Waals surface area contributed by atoms with Gasteiger partial charge in [-0.1, -0.05) is 18.7 Å². The molecule has 7 heteroatoms. The number of thioether (sulfide) groups is 1. The van der Waals surface area contributed by atoms with Gasteiger partial charge in [-0.15, -0.1) is 11.3 Å². The Labute approximate surface area is 129 Å². The lowest BCUT2D eigenvalue weighted by Gasteiger charge is -2.22. The number of nitrogens with zero attached hydrogens (tertiary/aromatic N) is 1. The SMILES string of the molecule is CCc1cc2c(s1)SC(c1ccc([N+](=O)[O-])cc1)NC2=O. The van der Waals surface area contributed by atoms with Crippen molar-refractivity contribution in [3.63, 3.8) is 0 Å². The quantitative estimate of drug-likeness (QED) is 0.690. The third-order valence-electron chi connectivity index (χ3n) is 3.24. The van der Waals surface area contributed by atoms with Gasteiger partial charge >= 0.3 is 0 Å². The van der Waals surface area contributed by atoms with Gasteiger partial charge < -0.3 is 5.32 Å². The van der Waals surface area contributed by atoms with E-state index in [1.807, 2.05) is 6.07 Å². The van der Waals surface area contributed by atoms with E-state index < -0.39 is 4.92 Å². The van der Waals surface area contributed by atoms with Gasteiger partial charge in [0.1, 0.15) is 5.37 Å². The highest BCUT2D eigenvalue weighted by atomic mass is 32.2. The van der Waals surface area contributed by atoms with Gasteiger partial charge in [0.15, 0.2) is 0 Å². The number of carbonyl (C=O) groups excluding carboxylic acids is 1. The van der Waals surface area contributed by atoms with Crippen LogP contribution >= 0.6 is 23.1 Å². The van der Waals surface area contributed by atoms with Crippen molar-refractivity contribution in [2.75, 3.05) is 0 Å². The summed E-state index contributed by atoms with van der Waals surface area (Å²) >= 11 is 3.22. The Bertz CT molecular complexity index is 710. The second-order valence-corrected chi connectivity index (χ2v) is 7.10. The molecule has 0 bridgehead atoms. The predicted octanol–water partition coefficient (Wildman–Crippen LogP) is 3.75. The molecule has 21 heavy (non-hydrogen) atoms. The summed E-state index contributed by atoms with van der Waals surface area (Å²) in [7, 11) is 0. The molecule has 0 spiro atoms. The van der Waals surface area contributed by atoms with Crippen molar-refractivity contribution in [3.05, 3.63) is 56.5 Å². The van der Waals surface area contributed by atoms with Gasteiger partial charge in [-0.2, -0.15) is 0 Å². The molecule has 0 saturated carbocycles. The first kappa shape index (κ1) is 14.1.